The first-order valence-electron chi connectivity index (χ1n) is 10.9. The Balaban J connectivity index is 1.37. The Bertz CT molecular complexity index is 1240. The van der Waals surface area contributed by atoms with E-state index in [1.54, 1.807) is 6.26 Å². The number of rotatable bonds is 5. The summed E-state index contributed by atoms with van der Waals surface area (Å²) in [6, 6.07) is 18.5. The molecule has 2 N–H and O–H groups in total. The predicted molar refractivity (Wildman–Crippen MR) is 127 cm³/mol. The fraction of sp³-hybridized carbons (Fsp3) is 0.231. The number of hydrogen-bond acceptors (Lipinski definition) is 5. The van der Waals surface area contributed by atoms with Crippen molar-refractivity contribution >= 4 is 22.7 Å². The Morgan fingerprint density at radius 2 is 1.66 bits per heavy atom. The van der Waals surface area contributed by atoms with Gasteiger partial charge in [0.05, 0.1) is 6.42 Å². The summed E-state index contributed by atoms with van der Waals surface area (Å²) in [6.45, 7) is 4.30. The zero-order valence-corrected chi connectivity index (χ0v) is 18.1. The second kappa shape index (κ2) is 8.48. The molecule has 162 valence electrons. The number of carbonyl (C=O) groups excluding carboxylic acids is 1. The van der Waals surface area contributed by atoms with Crippen LogP contribution in [0.3, 0.4) is 0 Å². The van der Waals surface area contributed by atoms with Gasteiger partial charge in [0.1, 0.15) is 11.8 Å². The van der Waals surface area contributed by atoms with Crippen LogP contribution in [0.5, 0.6) is 0 Å². The molecule has 6 heteroatoms. The number of piperazine rings is 1. The molecule has 3 heterocycles. The maximum Gasteiger partial charge on any atom is 0.221 e. The number of aromatic nitrogens is 1. The van der Waals surface area contributed by atoms with E-state index in [0.29, 0.717) is 0 Å². The first-order chi connectivity index (χ1) is 15.6. The molecule has 32 heavy (non-hydrogen) atoms. The number of nitrogens with two attached hydrogens (primary N) is 1. The van der Waals surface area contributed by atoms with Gasteiger partial charge in [-0.2, -0.15) is 0 Å². The lowest BCUT2D eigenvalue weighted by atomic mass is 10.0. The van der Waals surface area contributed by atoms with Gasteiger partial charge in [-0.3, -0.25) is 9.78 Å². The number of hydrogen-bond donors (Lipinski definition) is 1. The highest BCUT2D eigenvalue weighted by atomic mass is 16.3. The van der Waals surface area contributed by atoms with E-state index in [9.17, 15) is 4.79 Å². The fourth-order valence-corrected chi connectivity index (χ4v) is 4.21. The van der Waals surface area contributed by atoms with Crippen LogP contribution in [0, 0.1) is 0 Å². The zero-order valence-electron chi connectivity index (χ0n) is 18.1. The number of anilines is 1. The van der Waals surface area contributed by atoms with Gasteiger partial charge >= 0.3 is 0 Å². The predicted octanol–water partition coefficient (Wildman–Crippen LogP) is 3.94. The number of furan rings is 1. The van der Waals surface area contributed by atoms with Crippen molar-refractivity contribution in [3.05, 3.63) is 72.6 Å². The van der Waals surface area contributed by atoms with Gasteiger partial charge < -0.3 is 20.0 Å². The largest absolute Gasteiger partial charge is 0.462 e. The maximum atomic E-state index is 11.1. The third kappa shape index (κ3) is 4.09. The van der Waals surface area contributed by atoms with E-state index in [4.69, 9.17) is 15.1 Å². The minimum Gasteiger partial charge on any atom is -0.462 e. The van der Waals surface area contributed by atoms with Gasteiger partial charge in [0.25, 0.3) is 0 Å². The van der Waals surface area contributed by atoms with Crippen molar-refractivity contribution < 1.29 is 9.21 Å². The lowest BCUT2D eigenvalue weighted by molar-refractivity contribution is -0.117. The number of carbonyl (C=O) groups is 1. The third-order valence-electron chi connectivity index (χ3n) is 6.12. The highest BCUT2D eigenvalue weighted by Gasteiger charge is 2.15. The normalized spacial score (nSPS) is 14.7. The van der Waals surface area contributed by atoms with Crippen molar-refractivity contribution in [2.45, 2.75) is 6.42 Å². The topological polar surface area (TPSA) is 75.6 Å². The van der Waals surface area contributed by atoms with Gasteiger partial charge in [-0.15, -0.1) is 0 Å². The molecule has 5 rings (SSSR count). The molecule has 0 saturated carbocycles. The van der Waals surface area contributed by atoms with Crippen molar-refractivity contribution in [3.8, 4) is 22.3 Å². The molecule has 4 aromatic rings. The van der Waals surface area contributed by atoms with Crippen LogP contribution in [0.4, 0.5) is 5.69 Å². The van der Waals surface area contributed by atoms with Crippen LogP contribution in [0.25, 0.3) is 33.4 Å². The van der Waals surface area contributed by atoms with Gasteiger partial charge in [-0.25, -0.2) is 0 Å². The summed E-state index contributed by atoms with van der Waals surface area (Å²) in [6.07, 6.45) is 3.87. The van der Waals surface area contributed by atoms with E-state index in [1.807, 2.05) is 36.5 Å². The molecule has 0 atom stereocenters. The van der Waals surface area contributed by atoms with E-state index < -0.39 is 0 Å². The van der Waals surface area contributed by atoms with Crippen molar-refractivity contribution in [2.75, 3.05) is 38.1 Å². The quantitative estimate of drug-likeness (QED) is 0.523. The van der Waals surface area contributed by atoms with Crippen molar-refractivity contribution in [2.24, 2.45) is 5.73 Å². The molecular weight excluding hydrogens is 400 g/mol. The highest BCUT2D eigenvalue weighted by molar-refractivity contribution is 5.92. The van der Waals surface area contributed by atoms with Crippen molar-refractivity contribution in [1.29, 1.82) is 0 Å². The van der Waals surface area contributed by atoms with Gasteiger partial charge in [0.15, 0.2) is 5.58 Å². The van der Waals surface area contributed by atoms with Crippen molar-refractivity contribution in [3.63, 3.8) is 0 Å². The molecular formula is C26H26N4O2. The van der Waals surface area contributed by atoms with E-state index in [-0.39, 0.29) is 12.3 Å². The summed E-state index contributed by atoms with van der Waals surface area (Å²) in [5.74, 6) is -0.336. The Morgan fingerprint density at radius 1 is 0.969 bits per heavy atom. The summed E-state index contributed by atoms with van der Waals surface area (Å²) in [4.78, 5) is 20.6. The second-order valence-corrected chi connectivity index (χ2v) is 8.40. The van der Waals surface area contributed by atoms with E-state index in [1.165, 1.54) is 5.69 Å². The van der Waals surface area contributed by atoms with E-state index >= 15 is 0 Å². The van der Waals surface area contributed by atoms with Crippen LogP contribution in [-0.2, 0) is 11.2 Å². The minimum absolute atomic E-state index is 0.238. The SMILES string of the molecule is CN1CCN(c2ccc(-c3cnc4c(-c5ccc(CC(N)=O)cc5)coc4c3)cc2)CC1. The number of nitrogens with zero attached hydrogens (tertiary/aromatic N) is 3. The van der Waals surface area contributed by atoms with Gasteiger partial charge in [-0.1, -0.05) is 36.4 Å². The third-order valence-corrected chi connectivity index (χ3v) is 6.12. The summed E-state index contributed by atoms with van der Waals surface area (Å²) >= 11 is 0. The van der Waals surface area contributed by atoms with Gasteiger partial charge in [0, 0.05) is 49.2 Å². The molecule has 0 aliphatic carbocycles. The first-order valence-corrected chi connectivity index (χ1v) is 10.9. The maximum absolute atomic E-state index is 11.1. The number of benzene rings is 2. The molecule has 1 saturated heterocycles. The number of fused-ring (bicyclic) bond motifs is 1. The van der Waals surface area contributed by atoms with Crippen LogP contribution in [-0.4, -0.2) is 49.0 Å². The number of primary amides is 1. The van der Waals surface area contributed by atoms with Gasteiger partial charge in [0.2, 0.25) is 5.91 Å². The Kier molecular flexibility index (Phi) is 5.37. The van der Waals surface area contributed by atoms with Crippen LogP contribution in [0.15, 0.2) is 71.5 Å². The molecule has 0 spiro atoms. The number of likely N-dealkylation sites (N-methyl/N-ethyl adjacent to an activating group) is 1. The monoisotopic (exact) mass is 426 g/mol. The lowest BCUT2D eigenvalue weighted by Gasteiger charge is -2.34. The van der Waals surface area contributed by atoms with Crippen LogP contribution in [0.2, 0.25) is 0 Å². The lowest BCUT2D eigenvalue weighted by Crippen LogP contribution is -2.44. The average molecular weight is 427 g/mol. The summed E-state index contributed by atoms with van der Waals surface area (Å²) < 4.78 is 5.84. The van der Waals surface area contributed by atoms with Gasteiger partial charge in [-0.05, 0) is 41.9 Å². The molecule has 2 aromatic heterocycles. The van der Waals surface area contributed by atoms with Crippen LogP contribution >= 0.6 is 0 Å². The number of pyridine rings is 1. The highest BCUT2D eigenvalue weighted by Crippen LogP contribution is 2.32. The number of amides is 1. The second-order valence-electron chi connectivity index (χ2n) is 8.40. The molecule has 1 aliphatic rings. The summed E-state index contributed by atoms with van der Waals surface area (Å²) in [7, 11) is 2.17. The summed E-state index contributed by atoms with van der Waals surface area (Å²) in [5, 5.41) is 0. The molecule has 1 amide bonds. The molecule has 0 unspecified atom stereocenters. The first kappa shape index (κ1) is 20.3. The Hall–Kier alpha value is -3.64. The van der Waals surface area contributed by atoms with Crippen LogP contribution < -0.4 is 10.6 Å². The smallest absolute Gasteiger partial charge is 0.221 e. The Morgan fingerprint density at radius 3 is 2.34 bits per heavy atom. The van der Waals surface area contributed by atoms with Crippen LogP contribution in [0.1, 0.15) is 5.56 Å². The zero-order chi connectivity index (χ0) is 22.1. The minimum atomic E-state index is -0.336. The standard InChI is InChI=1S/C26H26N4O2/c1-29-10-12-30(13-11-29)22-8-6-19(7-9-22)21-15-24-26(28-16-21)23(17-32-24)20-4-2-18(3-5-20)14-25(27)31/h2-9,15-17H,10-14H2,1H3,(H2,27,31). The molecule has 0 radical (unpaired) electrons. The molecule has 1 fully saturated rings. The molecule has 1 aliphatic heterocycles. The fourth-order valence-electron chi connectivity index (χ4n) is 4.21. The van der Waals surface area contributed by atoms with Crippen molar-refractivity contribution in [1.82, 2.24) is 9.88 Å². The Labute approximate surface area is 187 Å². The molecule has 0 bridgehead atoms. The van der Waals surface area contributed by atoms with E-state index in [2.05, 4.69) is 41.1 Å². The molecule has 2 aromatic carbocycles. The summed E-state index contributed by atoms with van der Waals surface area (Å²) in [5.41, 5.74) is 13.1. The van der Waals surface area contributed by atoms with E-state index in [0.717, 1.165) is 65.1 Å². The average Bonchev–Trinajstić information content (AvgIpc) is 3.23. The molecule has 6 nitrogen and oxygen atoms in total.